The summed E-state index contributed by atoms with van der Waals surface area (Å²) in [5.41, 5.74) is 11.8. The van der Waals surface area contributed by atoms with E-state index in [0.717, 1.165) is 22.7 Å². The van der Waals surface area contributed by atoms with Crippen LogP contribution in [0.15, 0.2) is 140 Å². The molecular formula is C44H38N2O. The second kappa shape index (κ2) is 10.6. The van der Waals surface area contributed by atoms with Crippen molar-refractivity contribution in [1.82, 2.24) is 4.57 Å². The number of carbonyl (C=O) groups excluding carboxylic acids is 1. The first-order valence-corrected chi connectivity index (χ1v) is 16.4. The number of fused-ring (bicyclic) bond motifs is 6. The Morgan fingerprint density at radius 1 is 0.574 bits per heavy atom. The smallest absolute Gasteiger partial charge is 0.193 e. The Morgan fingerprint density at radius 3 is 1.89 bits per heavy atom. The molecule has 0 saturated heterocycles. The number of carbonyl (C=O) groups is 1. The summed E-state index contributed by atoms with van der Waals surface area (Å²) in [6.45, 7) is 11.3. The molecular weight excluding hydrogens is 572 g/mol. The molecule has 1 aromatic heterocycles. The van der Waals surface area contributed by atoms with Gasteiger partial charge in [0.05, 0.1) is 22.4 Å². The second-order valence-electron chi connectivity index (χ2n) is 14.2. The van der Waals surface area contributed by atoms with E-state index in [0.29, 0.717) is 11.1 Å². The zero-order valence-electron chi connectivity index (χ0n) is 27.6. The molecule has 0 bridgehead atoms. The molecule has 0 atom stereocenters. The van der Waals surface area contributed by atoms with Crippen molar-refractivity contribution in [3.63, 3.8) is 0 Å². The fourth-order valence-corrected chi connectivity index (χ4v) is 7.48. The Balaban J connectivity index is 1.31. The maximum Gasteiger partial charge on any atom is 0.193 e. The van der Waals surface area contributed by atoms with Gasteiger partial charge in [0, 0.05) is 44.3 Å². The lowest BCUT2D eigenvalue weighted by atomic mass is 9.72. The van der Waals surface area contributed by atoms with Gasteiger partial charge in [0.15, 0.2) is 5.78 Å². The first-order valence-electron chi connectivity index (χ1n) is 16.4. The number of hydrogen-bond acceptors (Lipinski definition) is 2. The molecule has 3 nitrogen and oxygen atoms in total. The standard InChI is InChI=1S/C44H38N2O/c1-43(2,3)31-23-19-29(20-24-31)42(47)30-21-25-33(26-22-30)45-38-18-12-10-16-36(38)44(4,5)40-39(45)28-27-35-34-15-9-11-17-37(34)46(41(35)40)32-13-7-6-8-14-32/h6-28H,1-5H3. The molecule has 6 aromatic carbocycles. The van der Waals surface area contributed by atoms with Crippen LogP contribution in [0.2, 0.25) is 0 Å². The van der Waals surface area contributed by atoms with Crippen LogP contribution in [0.4, 0.5) is 17.1 Å². The highest BCUT2D eigenvalue weighted by Gasteiger charge is 2.39. The Morgan fingerprint density at radius 2 is 1.19 bits per heavy atom. The van der Waals surface area contributed by atoms with E-state index in [-0.39, 0.29) is 16.6 Å². The third kappa shape index (κ3) is 4.52. The number of rotatable bonds is 4. The normalized spacial score (nSPS) is 13.9. The summed E-state index contributed by atoms with van der Waals surface area (Å²) in [7, 11) is 0. The molecule has 0 aliphatic carbocycles. The molecule has 0 saturated carbocycles. The van der Waals surface area contributed by atoms with E-state index in [1.165, 1.54) is 38.5 Å². The van der Waals surface area contributed by atoms with Crippen LogP contribution in [0.1, 0.15) is 67.2 Å². The number of hydrogen-bond donors (Lipinski definition) is 0. The van der Waals surface area contributed by atoms with Crippen LogP contribution in [0, 0.1) is 0 Å². The van der Waals surface area contributed by atoms with E-state index in [1.807, 2.05) is 24.3 Å². The second-order valence-corrected chi connectivity index (χ2v) is 14.2. The van der Waals surface area contributed by atoms with Gasteiger partial charge in [-0.1, -0.05) is 120 Å². The number of nitrogens with zero attached hydrogens (tertiary/aromatic N) is 2. The van der Waals surface area contributed by atoms with E-state index in [9.17, 15) is 4.79 Å². The maximum atomic E-state index is 13.6. The quantitative estimate of drug-likeness (QED) is 0.185. The van der Waals surface area contributed by atoms with Crippen molar-refractivity contribution in [2.75, 3.05) is 4.90 Å². The van der Waals surface area contributed by atoms with E-state index >= 15 is 0 Å². The molecule has 0 fully saturated rings. The highest BCUT2D eigenvalue weighted by molar-refractivity contribution is 6.13. The molecule has 8 rings (SSSR count). The van der Waals surface area contributed by atoms with E-state index in [1.54, 1.807) is 0 Å². The fourth-order valence-electron chi connectivity index (χ4n) is 7.48. The molecule has 1 aliphatic rings. The molecule has 230 valence electrons. The van der Waals surface area contributed by atoms with Crippen LogP contribution < -0.4 is 4.90 Å². The van der Waals surface area contributed by atoms with Gasteiger partial charge >= 0.3 is 0 Å². The van der Waals surface area contributed by atoms with Crippen molar-refractivity contribution in [3.05, 3.63) is 167 Å². The number of anilines is 3. The summed E-state index contributed by atoms with van der Waals surface area (Å²) in [5, 5.41) is 2.49. The van der Waals surface area contributed by atoms with Crippen molar-refractivity contribution in [2.24, 2.45) is 0 Å². The largest absolute Gasteiger partial charge is 0.310 e. The SMILES string of the molecule is CC(C)(C)c1ccc(C(=O)c2ccc(N3c4ccccc4C(C)(C)c4c3ccc3c5ccccc5n(-c5ccccc5)c43)cc2)cc1. The molecule has 7 aromatic rings. The molecule has 2 heterocycles. The molecule has 1 aliphatic heterocycles. The Bertz CT molecular complexity index is 2300. The van der Waals surface area contributed by atoms with Gasteiger partial charge in [0.25, 0.3) is 0 Å². The zero-order chi connectivity index (χ0) is 32.5. The van der Waals surface area contributed by atoms with Gasteiger partial charge in [-0.2, -0.15) is 0 Å². The first kappa shape index (κ1) is 29.0. The fraction of sp³-hybridized carbons (Fsp3) is 0.159. The molecule has 0 spiro atoms. The minimum absolute atomic E-state index is 0.0340. The van der Waals surface area contributed by atoms with Crippen LogP contribution in [-0.4, -0.2) is 10.4 Å². The molecule has 3 heteroatoms. The average Bonchev–Trinajstić information content (AvgIpc) is 3.42. The van der Waals surface area contributed by atoms with Crippen molar-refractivity contribution in [2.45, 2.75) is 45.4 Å². The summed E-state index contributed by atoms with van der Waals surface area (Å²) >= 11 is 0. The maximum absolute atomic E-state index is 13.6. The van der Waals surface area contributed by atoms with Gasteiger partial charge in [-0.05, 0) is 71.1 Å². The summed E-state index contributed by atoms with van der Waals surface area (Å²) in [6.07, 6.45) is 0. The molecule has 0 unspecified atom stereocenters. The van der Waals surface area contributed by atoms with Crippen LogP contribution in [0.3, 0.4) is 0 Å². The lowest BCUT2D eigenvalue weighted by Crippen LogP contribution is -2.31. The Hall–Kier alpha value is -5.41. The summed E-state index contributed by atoms with van der Waals surface area (Å²) in [6, 6.07) is 48.9. The van der Waals surface area contributed by atoms with Gasteiger partial charge in [-0.25, -0.2) is 0 Å². The van der Waals surface area contributed by atoms with Crippen molar-refractivity contribution < 1.29 is 4.79 Å². The number of ketones is 1. The van der Waals surface area contributed by atoms with Gasteiger partial charge in [0.2, 0.25) is 0 Å². The zero-order valence-corrected chi connectivity index (χ0v) is 27.6. The number of aromatic nitrogens is 1. The molecule has 0 amide bonds. The first-order chi connectivity index (χ1) is 22.6. The van der Waals surface area contributed by atoms with Crippen molar-refractivity contribution in [1.29, 1.82) is 0 Å². The van der Waals surface area contributed by atoms with Crippen molar-refractivity contribution >= 4 is 44.7 Å². The van der Waals surface area contributed by atoms with Crippen molar-refractivity contribution in [3.8, 4) is 5.69 Å². The monoisotopic (exact) mass is 610 g/mol. The highest BCUT2D eigenvalue weighted by Crippen LogP contribution is 2.55. The third-order valence-electron chi connectivity index (χ3n) is 9.91. The minimum atomic E-state index is -0.280. The molecule has 0 radical (unpaired) electrons. The molecule has 0 N–H and O–H groups in total. The third-order valence-corrected chi connectivity index (χ3v) is 9.91. The average molecular weight is 611 g/mol. The highest BCUT2D eigenvalue weighted by atomic mass is 16.1. The Labute approximate surface area is 276 Å². The van der Waals surface area contributed by atoms with Crippen LogP contribution >= 0.6 is 0 Å². The van der Waals surface area contributed by atoms with Gasteiger partial charge in [-0.3, -0.25) is 4.79 Å². The van der Waals surface area contributed by atoms with Gasteiger partial charge in [0.1, 0.15) is 0 Å². The van der Waals surface area contributed by atoms with Gasteiger partial charge in [-0.15, -0.1) is 0 Å². The Kier molecular flexibility index (Phi) is 6.53. The van der Waals surface area contributed by atoms with Crippen LogP contribution in [0.25, 0.3) is 27.5 Å². The number of benzene rings is 6. The topological polar surface area (TPSA) is 25.2 Å². The van der Waals surface area contributed by atoms with Gasteiger partial charge < -0.3 is 9.47 Å². The summed E-state index contributed by atoms with van der Waals surface area (Å²) < 4.78 is 2.43. The molecule has 47 heavy (non-hydrogen) atoms. The predicted octanol–water partition coefficient (Wildman–Crippen LogP) is 11.4. The van der Waals surface area contributed by atoms with E-state index in [4.69, 9.17) is 0 Å². The summed E-state index contributed by atoms with van der Waals surface area (Å²) in [5.74, 6) is 0.0340. The minimum Gasteiger partial charge on any atom is -0.310 e. The van der Waals surface area contributed by atoms with Crippen LogP contribution in [-0.2, 0) is 10.8 Å². The van der Waals surface area contributed by atoms with E-state index < -0.39 is 0 Å². The lowest BCUT2D eigenvalue weighted by Gasteiger charge is -2.42. The van der Waals surface area contributed by atoms with E-state index in [2.05, 4.69) is 159 Å². The number of para-hydroxylation sites is 3. The lowest BCUT2D eigenvalue weighted by molar-refractivity contribution is 0.103. The summed E-state index contributed by atoms with van der Waals surface area (Å²) in [4.78, 5) is 15.9. The predicted molar refractivity (Wildman–Crippen MR) is 196 cm³/mol. The van der Waals surface area contributed by atoms with Crippen LogP contribution in [0.5, 0.6) is 0 Å².